The number of methoxy groups -OCH3 is 2. The van der Waals surface area contributed by atoms with Gasteiger partial charge in [0.05, 0.1) is 24.9 Å². The van der Waals surface area contributed by atoms with Gasteiger partial charge in [-0.3, -0.25) is 9.69 Å². The summed E-state index contributed by atoms with van der Waals surface area (Å²) in [5, 5.41) is 3.18. The van der Waals surface area contributed by atoms with E-state index in [0.717, 1.165) is 24.2 Å². The Morgan fingerprint density at radius 3 is 2.40 bits per heavy atom. The highest BCUT2D eigenvalue weighted by Crippen LogP contribution is 2.36. The summed E-state index contributed by atoms with van der Waals surface area (Å²) in [7, 11) is 3.01. The molecule has 1 N–H and O–H groups in total. The normalized spacial score (nSPS) is 13.5. The van der Waals surface area contributed by atoms with Crippen molar-refractivity contribution in [1.82, 2.24) is 4.90 Å². The third-order valence-electron chi connectivity index (χ3n) is 6.10. The van der Waals surface area contributed by atoms with Gasteiger partial charge in [0.25, 0.3) is 5.91 Å². The summed E-state index contributed by atoms with van der Waals surface area (Å²) in [6.07, 6.45) is 0.873. The van der Waals surface area contributed by atoms with Crippen molar-refractivity contribution < 1.29 is 19.1 Å². The number of rotatable bonds is 7. The molecule has 1 aliphatic heterocycles. The molecular formula is C27H28ClN3O4. The van der Waals surface area contributed by atoms with Crippen molar-refractivity contribution in [2.24, 2.45) is 0 Å². The lowest BCUT2D eigenvalue weighted by atomic mass is 10.1. The summed E-state index contributed by atoms with van der Waals surface area (Å²) >= 11 is 6.21. The monoisotopic (exact) mass is 493 g/mol. The molecule has 3 amide bonds. The second-order valence-corrected chi connectivity index (χ2v) is 8.73. The SMILES string of the molecule is COc1cc(OC)c(NC(=O)c2ccc(N3CCCN(Cc4ccccc4C)C3=O)cc2)cc1Cl. The van der Waals surface area contributed by atoms with E-state index < -0.39 is 0 Å². The average Bonchev–Trinajstić information content (AvgIpc) is 2.87. The Kier molecular flexibility index (Phi) is 7.46. The van der Waals surface area contributed by atoms with Crippen LogP contribution in [0.2, 0.25) is 5.02 Å². The molecule has 182 valence electrons. The Morgan fingerprint density at radius 1 is 1.00 bits per heavy atom. The first-order chi connectivity index (χ1) is 16.9. The maximum Gasteiger partial charge on any atom is 0.324 e. The van der Waals surface area contributed by atoms with E-state index in [1.165, 1.54) is 19.8 Å². The summed E-state index contributed by atoms with van der Waals surface area (Å²) in [6.45, 7) is 3.99. The van der Waals surface area contributed by atoms with Gasteiger partial charge in [-0.05, 0) is 54.8 Å². The van der Waals surface area contributed by atoms with Crippen molar-refractivity contribution in [1.29, 1.82) is 0 Å². The number of nitrogens with zero attached hydrogens (tertiary/aromatic N) is 2. The van der Waals surface area contributed by atoms with Crippen LogP contribution in [0, 0.1) is 6.92 Å². The van der Waals surface area contributed by atoms with Crippen molar-refractivity contribution in [3.8, 4) is 11.5 Å². The van der Waals surface area contributed by atoms with Crippen LogP contribution >= 0.6 is 11.6 Å². The molecule has 1 saturated heterocycles. The molecule has 3 aromatic rings. The van der Waals surface area contributed by atoms with Crippen LogP contribution in [0.25, 0.3) is 0 Å². The van der Waals surface area contributed by atoms with Crippen LogP contribution in [0.5, 0.6) is 11.5 Å². The summed E-state index contributed by atoms with van der Waals surface area (Å²) in [4.78, 5) is 29.7. The molecule has 3 aromatic carbocycles. The smallest absolute Gasteiger partial charge is 0.324 e. The van der Waals surface area contributed by atoms with Gasteiger partial charge in [0.15, 0.2) is 0 Å². The quantitative estimate of drug-likeness (QED) is 0.455. The van der Waals surface area contributed by atoms with E-state index in [-0.39, 0.29) is 11.9 Å². The minimum atomic E-state index is -0.317. The molecule has 0 spiro atoms. The number of nitrogens with one attached hydrogen (secondary N) is 1. The first-order valence-electron chi connectivity index (χ1n) is 11.3. The summed E-state index contributed by atoms with van der Waals surface area (Å²) in [6, 6.07) is 18.3. The molecule has 1 aliphatic rings. The van der Waals surface area contributed by atoms with Crippen molar-refractivity contribution in [3.05, 3.63) is 82.4 Å². The number of halogens is 1. The molecule has 0 unspecified atom stereocenters. The molecular weight excluding hydrogens is 466 g/mol. The van der Waals surface area contributed by atoms with Crippen molar-refractivity contribution in [3.63, 3.8) is 0 Å². The largest absolute Gasteiger partial charge is 0.495 e. The lowest BCUT2D eigenvalue weighted by Gasteiger charge is -2.36. The summed E-state index contributed by atoms with van der Waals surface area (Å²) < 4.78 is 10.5. The van der Waals surface area contributed by atoms with E-state index in [1.807, 2.05) is 17.0 Å². The number of ether oxygens (including phenoxy) is 2. The molecule has 0 saturated carbocycles. The van der Waals surface area contributed by atoms with Gasteiger partial charge in [0.2, 0.25) is 0 Å². The predicted molar refractivity (Wildman–Crippen MR) is 138 cm³/mol. The van der Waals surface area contributed by atoms with E-state index in [9.17, 15) is 9.59 Å². The molecule has 0 radical (unpaired) electrons. The topological polar surface area (TPSA) is 71.1 Å². The van der Waals surface area contributed by atoms with Gasteiger partial charge in [-0.2, -0.15) is 0 Å². The number of hydrogen-bond acceptors (Lipinski definition) is 4. The lowest BCUT2D eigenvalue weighted by Crippen LogP contribution is -2.49. The first kappa shape index (κ1) is 24.4. The molecule has 0 atom stereocenters. The number of carbonyl (C=O) groups excluding carboxylic acids is 2. The minimum Gasteiger partial charge on any atom is -0.495 e. The second-order valence-electron chi connectivity index (χ2n) is 8.32. The first-order valence-corrected chi connectivity index (χ1v) is 11.7. The Labute approximate surface area is 210 Å². The van der Waals surface area contributed by atoms with Crippen molar-refractivity contribution in [2.75, 3.05) is 37.5 Å². The number of aryl methyl sites for hydroxylation is 1. The van der Waals surface area contributed by atoms with Gasteiger partial charge in [0.1, 0.15) is 11.5 Å². The molecule has 8 heteroatoms. The molecule has 0 bridgehead atoms. The standard InChI is InChI=1S/C27H28ClN3O4/c1-18-7-4-5-8-20(18)17-30-13-6-14-31(27(30)33)21-11-9-19(10-12-21)26(32)29-23-15-22(28)24(34-2)16-25(23)35-3/h4-5,7-12,15-16H,6,13-14,17H2,1-3H3,(H,29,32). The van der Waals surface area contributed by atoms with E-state index >= 15 is 0 Å². The van der Waals surface area contributed by atoms with Crippen LogP contribution in [-0.4, -0.2) is 44.1 Å². The maximum absolute atomic E-state index is 13.2. The number of anilines is 2. The van der Waals surface area contributed by atoms with Crippen LogP contribution in [0.1, 0.15) is 27.9 Å². The predicted octanol–water partition coefficient (Wildman–Crippen LogP) is 5.75. The zero-order valence-electron chi connectivity index (χ0n) is 20.0. The zero-order valence-corrected chi connectivity index (χ0v) is 20.8. The Morgan fingerprint density at radius 2 is 1.71 bits per heavy atom. The molecule has 0 aliphatic carbocycles. The van der Waals surface area contributed by atoms with Gasteiger partial charge < -0.3 is 19.7 Å². The number of carbonyl (C=O) groups is 2. The van der Waals surface area contributed by atoms with Crippen LogP contribution in [0.15, 0.2) is 60.7 Å². The van der Waals surface area contributed by atoms with Gasteiger partial charge in [-0.15, -0.1) is 0 Å². The van der Waals surface area contributed by atoms with Crippen LogP contribution in [0.3, 0.4) is 0 Å². The Hall–Kier alpha value is -3.71. The molecule has 1 heterocycles. The summed E-state index contributed by atoms with van der Waals surface area (Å²) in [5.41, 5.74) is 3.95. The van der Waals surface area contributed by atoms with Crippen molar-refractivity contribution >= 4 is 34.9 Å². The van der Waals surface area contributed by atoms with Gasteiger partial charge in [0, 0.05) is 37.0 Å². The van der Waals surface area contributed by atoms with E-state index in [4.69, 9.17) is 21.1 Å². The maximum atomic E-state index is 13.2. The Bertz CT molecular complexity index is 1230. The van der Waals surface area contributed by atoms with Crippen LogP contribution in [-0.2, 0) is 6.54 Å². The third kappa shape index (κ3) is 5.35. The molecule has 35 heavy (non-hydrogen) atoms. The number of urea groups is 1. The third-order valence-corrected chi connectivity index (χ3v) is 6.39. The number of amides is 3. The fourth-order valence-electron chi connectivity index (χ4n) is 4.11. The van der Waals surface area contributed by atoms with Crippen LogP contribution in [0.4, 0.5) is 16.2 Å². The molecule has 7 nitrogen and oxygen atoms in total. The fraction of sp³-hybridized carbons (Fsp3) is 0.259. The van der Waals surface area contributed by atoms with Gasteiger partial charge in [-0.1, -0.05) is 35.9 Å². The zero-order chi connectivity index (χ0) is 24.9. The number of hydrogen-bond donors (Lipinski definition) is 1. The number of benzene rings is 3. The Balaban J connectivity index is 1.46. The molecule has 0 aromatic heterocycles. The highest BCUT2D eigenvalue weighted by atomic mass is 35.5. The average molecular weight is 494 g/mol. The van der Waals surface area contributed by atoms with Crippen molar-refractivity contribution in [2.45, 2.75) is 19.9 Å². The van der Waals surface area contributed by atoms with E-state index in [0.29, 0.717) is 40.9 Å². The summed E-state index contributed by atoms with van der Waals surface area (Å²) in [5.74, 6) is 0.569. The van der Waals surface area contributed by atoms with Gasteiger partial charge in [-0.25, -0.2) is 4.79 Å². The highest BCUT2D eigenvalue weighted by Gasteiger charge is 2.27. The second kappa shape index (κ2) is 10.7. The molecule has 4 rings (SSSR count). The van der Waals surface area contributed by atoms with E-state index in [1.54, 1.807) is 41.3 Å². The van der Waals surface area contributed by atoms with Gasteiger partial charge >= 0.3 is 6.03 Å². The lowest BCUT2D eigenvalue weighted by molar-refractivity contribution is 0.102. The van der Waals surface area contributed by atoms with Crippen LogP contribution < -0.4 is 19.7 Å². The van der Waals surface area contributed by atoms with E-state index in [2.05, 4.69) is 24.4 Å². The minimum absolute atomic E-state index is 0.0330. The highest BCUT2D eigenvalue weighted by molar-refractivity contribution is 6.32. The molecule has 1 fully saturated rings. The fourth-order valence-corrected chi connectivity index (χ4v) is 4.35.